The van der Waals surface area contributed by atoms with E-state index in [1.165, 1.54) is 0 Å². The van der Waals surface area contributed by atoms with Crippen LogP contribution in [-0.4, -0.2) is 40.4 Å². The Morgan fingerprint density at radius 3 is 2.38 bits per heavy atom. The molecule has 0 saturated carbocycles. The largest absolute Gasteiger partial charge is 0.480 e. The van der Waals surface area contributed by atoms with Gasteiger partial charge in [0.1, 0.15) is 5.78 Å². The Labute approximate surface area is 76.5 Å². The van der Waals surface area contributed by atoms with Gasteiger partial charge in [0.05, 0.1) is 6.54 Å². The van der Waals surface area contributed by atoms with Crippen LogP contribution in [0.3, 0.4) is 0 Å². The summed E-state index contributed by atoms with van der Waals surface area (Å²) in [6.07, 6.45) is 3.10. The van der Waals surface area contributed by atoms with Crippen molar-refractivity contribution >= 4 is 11.8 Å². The van der Waals surface area contributed by atoms with E-state index in [0.717, 1.165) is 12.8 Å². The lowest BCUT2D eigenvalue weighted by molar-refractivity contribution is -0.141. The van der Waals surface area contributed by atoms with E-state index < -0.39 is 5.97 Å². The number of carboxylic acids is 1. The van der Waals surface area contributed by atoms with Crippen molar-refractivity contribution < 1.29 is 14.7 Å². The van der Waals surface area contributed by atoms with Gasteiger partial charge in [-0.05, 0) is 12.8 Å². The summed E-state index contributed by atoms with van der Waals surface area (Å²) >= 11 is 0. The van der Waals surface area contributed by atoms with Crippen molar-refractivity contribution in [3.05, 3.63) is 0 Å². The van der Waals surface area contributed by atoms with Gasteiger partial charge in [0, 0.05) is 24.9 Å². The molecule has 1 N–H and O–H groups in total. The third-order valence-corrected chi connectivity index (χ3v) is 3.02. The summed E-state index contributed by atoms with van der Waals surface area (Å²) in [5, 5.41) is 8.67. The number of carbonyl (C=O) groups is 2. The molecule has 2 aliphatic rings. The average Bonchev–Trinajstić information content (AvgIpc) is 2.32. The maximum absolute atomic E-state index is 11.2. The molecule has 72 valence electrons. The molecule has 13 heavy (non-hydrogen) atoms. The minimum absolute atomic E-state index is 0.0998. The predicted molar refractivity (Wildman–Crippen MR) is 45.4 cm³/mol. The van der Waals surface area contributed by atoms with E-state index in [9.17, 15) is 9.59 Å². The molecular weight excluding hydrogens is 170 g/mol. The van der Waals surface area contributed by atoms with E-state index in [1.54, 1.807) is 0 Å². The standard InChI is InChI=1S/C9H13NO3/c11-8-3-6-1-2-7(4-8)10(6)5-9(12)13/h6-7H,1-5H2,(H,12,13). The Morgan fingerprint density at radius 1 is 1.38 bits per heavy atom. The van der Waals surface area contributed by atoms with Gasteiger partial charge in [-0.25, -0.2) is 0 Å². The molecule has 0 radical (unpaired) electrons. The fraction of sp³-hybridized carbons (Fsp3) is 0.778. The van der Waals surface area contributed by atoms with Crippen molar-refractivity contribution in [3.8, 4) is 0 Å². The Kier molecular flexibility index (Phi) is 2.07. The van der Waals surface area contributed by atoms with Gasteiger partial charge in [0.25, 0.3) is 0 Å². The highest BCUT2D eigenvalue weighted by Gasteiger charge is 2.40. The molecule has 2 rings (SSSR count). The molecule has 2 bridgehead atoms. The van der Waals surface area contributed by atoms with Gasteiger partial charge in [0.2, 0.25) is 0 Å². The number of aliphatic carboxylic acids is 1. The molecule has 2 heterocycles. The number of fused-ring (bicyclic) bond motifs is 2. The van der Waals surface area contributed by atoms with Crippen molar-refractivity contribution in [1.82, 2.24) is 4.90 Å². The number of rotatable bonds is 2. The molecule has 2 atom stereocenters. The molecule has 2 aliphatic heterocycles. The van der Waals surface area contributed by atoms with E-state index in [2.05, 4.69) is 0 Å². The van der Waals surface area contributed by atoms with Crippen LogP contribution in [0.5, 0.6) is 0 Å². The topological polar surface area (TPSA) is 57.6 Å². The summed E-state index contributed by atoms with van der Waals surface area (Å²) in [5.74, 6) is -0.486. The van der Waals surface area contributed by atoms with Crippen molar-refractivity contribution in [2.24, 2.45) is 0 Å². The van der Waals surface area contributed by atoms with Crippen molar-refractivity contribution in [3.63, 3.8) is 0 Å². The quantitative estimate of drug-likeness (QED) is 0.667. The number of carbonyl (C=O) groups excluding carboxylic acids is 1. The molecule has 2 saturated heterocycles. The van der Waals surface area contributed by atoms with Crippen molar-refractivity contribution in [2.75, 3.05) is 6.54 Å². The highest BCUT2D eigenvalue weighted by atomic mass is 16.4. The summed E-state index contributed by atoms with van der Waals surface area (Å²) in [4.78, 5) is 23.7. The monoisotopic (exact) mass is 183 g/mol. The summed E-state index contributed by atoms with van der Waals surface area (Å²) < 4.78 is 0. The Morgan fingerprint density at radius 2 is 1.92 bits per heavy atom. The van der Waals surface area contributed by atoms with Gasteiger partial charge in [-0.3, -0.25) is 14.5 Å². The predicted octanol–water partition coefficient (Wildman–Crippen LogP) is 0.267. The molecule has 0 aromatic carbocycles. The van der Waals surface area contributed by atoms with Gasteiger partial charge in [-0.15, -0.1) is 0 Å². The fourth-order valence-electron chi connectivity index (χ4n) is 2.48. The van der Waals surface area contributed by atoms with Gasteiger partial charge in [-0.2, -0.15) is 0 Å². The minimum Gasteiger partial charge on any atom is -0.480 e. The molecule has 0 aromatic heterocycles. The average molecular weight is 183 g/mol. The second-order valence-electron chi connectivity index (χ2n) is 3.90. The van der Waals surface area contributed by atoms with Crippen LogP contribution >= 0.6 is 0 Å². The molecule has 2 unspecified atom stereocenters. The second-order valence-corrected chi connectivity index (χ2v) is 3.90. The van der Waals surface area contributed by atoms with E-state index in [1.807, 2.05) is 4.90 Å². The number of carboxylic acid groups (broad SMARTS) is 1. The van der Waals surface area contributed by atoms with Crippen LogP contribution in [-0.2, 0) is 9.59 Å². The zero-order valence-electron chi connectivity index (χ0n) is 7.40. The number of nitrogens with zero attached hydrogens (tertiary/aromatic N) is 1. The zero-order chi connectivity index (χ0) is 9.42. The Bertz CT molecular complexity index is 235. The van der Waals surface area contributed by atoms with Crippen molar-refractivity contribution in [2.45, 2.75) is 37.8 Å². The third kappa shape index (κ3) is 1.58. The molecule has 0 amide bonds. The van der Waals surface area contributed by atoms with Gasteiger partial charge in [-0.1, -0.05) is 0 Å². The SMILES string of the molecule is O=C(O)CN1C2CCC1CC(=O)C2. The molecule has 4 nitrogen and oxygen atoms in total. The first-order valence-electron chi connectivity index (χ1n) is 4.66. The van der Waals surface area contributed by atoms with Crippen LogP contribution in [0.4, 0.5) is 0 Å². The fourth-order valence-corrected chi connectivity index (χ4v) is 2.48. The summed E-state index contributed by atoms with van der Waals surface area (Å²) in [6.45, 7) is 0.0998. The molecule has 0 spiro atoms. The summed E-state index contributed by atoms with van der Waals surface area (Å²) in [7, 11) is 0. The van der Waals surface area contributed by atoms with E-state index in [4.69, 9.17) is 5.11 Å². The molecule has 0 aromatic rings. The normalized spacial score (nSPS) is 33.7. The molecule has 4 heteroatoms. The first-order chi connectivity index (χ1) is 6.16. The van der Waals surface area contributed by atoms with Gasteiger partial charge in [0.15, 0.2) is 0 Å². The van der Waals surface area contributed by atoms with E-state index in [-0.39, 0.29) is 18.6 Å². The number of hydrogen-bond donors (Lipinski definition) is 1. The summed E-state index contributed by atoms with van der Waals surface area (Å²) in [5.41, 5.74) is 0. The zero-order valence-corrected chi connectivity index (χ0v) is 7.40. The van der Waals surface area contributed by atoms with Gasteiger partial charge >= 0.3 is 5.97 Å². The van der Waals surface area contributed by atoms with E-state index >= 15 is 0 Å². The number of ketones is 1. The van der Waals surface area contributed by atoms with E-state index in [0.29, 0.717) is 18.6 Å². The van der Waals surface area contributed by atoms with Crippen LogP contribution in [0, 0.1) is 0 Å². The van der Waals surface area contributed by atoms with Crippen LogP contribution in [0.2, 0.25) is 0 Å². The number of Topliss-reactive ketones (excluding diaryl/α,β-unsaturated/α-hetero) is 1. The minimum atomic E-state index is -0.786. The first kappa shape index (κ1) is 8.69. The number of hydrogen-bond acceptors (Lipinski definition) is 3. The van der Waals surface area contributed by atoms with Gasteiger partial charge < -0.3 is 5.11 Å². The highest BCUT2D eigenvalue weighted by Crippen LogP contribution is 2.33. The molecule has 2 fully saturated rings. The lowest BCUT2D eigenvalue weighted by Gasteiger charge is -2.32. The second kappa shape index (κ2) is 3.10. The lowest BCUT2D eigenvalue weighted by Crippen LogP contribution is -2.45. The summed E-state index contributed by atoms with van der Waals surface area (Å²) in [6, 6.07) is 0.421. The lowest BCUT2D eigenvalue weighted by atomic mass is 10.0. The van der Waals surface area contributed by atoms with Crippen LogP contribution in [0.25, 0.3) is 0 Å². The maximum Gasteiger partial charge on any atom is 0.317 e. The first-order valence-corrected chi connectivity index (χ1v) is 4.66. The Balaban J connectivity index is 2.06. The van der Waals surface area contributed by atoms with Crippen LogP contribution in [0.1, 0.15) is 25.7 Å². The van der Waals surface area contributed by atoms with Crippen LogP contribution < -0.4 is 0 Å². The van der Waals surface area contributed by atoms with Crippen LogP contribution in [0.15, 0.2) is 0 Å². The molecule has 0 aliphatic carbocycles. The Hall–Kier alpha value is -0.900. The maximum atomic E-state index is 11.2. The van der Waals surface area contributed by atoms with Crippen molar-refractivity contribution in [1.29, 1.82) is 0 Å². The number of piperidine rings is 1. The smallest absolute Gasteiger partial charge is 0.317 e. The molecular formula is C9H13NO3. The third-order valence-electron chi connectivity index (χ3n) is 3.02. The highest BCUT2D eigenvalue weighted by molar-refractivity contribution is 5.81.